The first kappa shape index (κ1) is 17.1. The van der Waals surface area contributed by atoms with Gasteiger partial charge in [-0.2, -0.15) is 16.3 Å². The highest BCUT2D eigenvalue weighted by molar-refractivity contribution is 7.08. The summed E-state index contributed by atoms with van der Waals surface area (Å²) in [5.41, 5.74) is 1.69. The molecule has 130 valence electrons. The normalized spacial score (nSPS) is 17.2. The van der Waals surface area contributed by atoms with Gasteiger partial charge in [-0.15, -0.1) is 0 Å². The zero-order valence-electron chi connectivity index (χ0n) is 14.2. The van der Waals surface area contributed by atoms with Crippen LogP contribution in [0.1, 0.15) is 66.3 Å². The van der Waals surface area contributed by atoms with Crippen molar-refractivity contribution in [2.75, 3.05) is 13.2 Å². The fraction of sp³-hybridized carbons (Fsp3) is 0.588. The maximum atomic E-state index is 12.7. The van der Waals surface area contributed by atoms with Gasteiger partial charge in [-0.1, -0.05) is 19.0 Å². The molecule has 0 unspecified atom stereocenters. The number of thiophene rings is 1. The summed E-state index contributed by atoms with van der Waals surface area (Å²) >= 11 is 1.53. The smallest absolute Gasteiger partial charge is 0.253 e. The fourth-order valence-electron chi connectivity index (χ4n) is 2.85. The van der Waals surface area contributed by atoms with Crippen LogP contribution >= 0.6 is 11.3 Å². The van der Waals surface area contributed by atoms with E-state index in [-0.39, 0.29) is 23.8 Å². The lowest BCUT2D eigenvalue weighted by molar-refractivity contribution is 0.0467. The number of ether oxygens (including phenoxy) is 1. The molecule has 1 aliphatic rings. The van der Waals surface area contributed by atoms with Crippen LogP contribution in [-0.2, 0) is 4.74 Å². The summed E-state index contributed by atoms with van der Waals surface area (Å²) in [6, 6.07) is -0.277. The third-order valence-corrected chi connectivity index (χ3v) is 5.23. The summed E-state index contributed by atoms with van der Waals surface area (Å²) in [6.07, 6.45) is 1.74. The fourth-order valence-corrected chi connectivity index (χ4v) is 3.68. The van der Waals surface area contributed by atoms with Crippen LogP contribution in [0, 0.1) is 12.8 Å². The topological polar surface area (TPSA) is 77.3 Å². The number of nitrogens with one attached hydrogen (secondary N) is 1. The van der Waals surface area contributed by atoms with Gasteiger partial charge >= 0.3 is 0 Å². The second-order valence-corrected chi connectivity index (χ2v) is 7.26. The van der Waals surface area contributed by atoms with Crippen molar-refractivity contribution in [2.45, 2.75) is 45.6 Å². The molecule has 1 amide bonds. The summed E-state index contributed by atoms with van der Waals surface area (Å²) < 4.78 is 10.9. The molecule has 0 aromatic carbocycles. The maximum Gasteiger partial charge on any atom is 0.253 e. The highest BCUT2D eigenvalue weighted by Gasteiger charge is 2.32. The Bertz CT molecular complexity index is 689. The first-order chi connectivity index (χ1) is 11.6. The first-order valence-electron chi connectivity index (χ1n) is 8.31. The molecule has 0 radical (unpaired) electrons. The molecule has 0 bridgehead atoms. The van der Waals surface area contributed by atoms with Gasteiger partial charge in [0.2, 0.25) is 5.89 Å². The summed E-state index contributed by atoms with van der Waals surface area (Å²) in [5.74, 6) is 1.50. The maximum absolute atomic E-state index is 12.7. The van der Waals surface area contributed by atoms with Gasteiger partial charge < -0.3 is 14.6 Å². The monoisotopic (exact) mass is 349 g/mol. The van der Waals surface area contributed by atoms with Gasteiger partial charge in [0.15, 0.2) is 5.82 Å². The number of hydrogen-bond acceptors (Lipinski definition) is 6. The van der Waals surface area contributed by atoms with Crippen LogP contribution in [0.3, 0.4) is 0 Å². The molecule has 3 rings (SSSR count). The molecule has 3 heterocycles. The molecule has 0 saturated carbocycles. The van der Waals surface area contributed by atoms with Crippen molar-refractivity contribution in [3.8, 4) is 0 Å². The Morgan fingerprint density at radius 2 is 2.08 bits per heavy atom. The van der Waals surface area contributed by atoms with E-state index in [0.29, 0.717) is 30.5 Å². The number of amides is 1. The average Bonchev–Trinajstić information content (AvgIpc) is 3.22. The van der Waals surface area contributed by atoms with Crippen molar-refractivity contribution < 1.29 is 14.1 Å². The number of aryl methyl sites for hydroxylation is 1. The van der Waals surface area contributed by atoms with Crippen molar-refractivity contribution in [3.63, 3.8) is 0 Å². The van der Waals surface area contributed by atoms with Crippen LogP contribution < -0.4 is 5.32 Å². The lowest BCUT2D eigenvalue weighted by Gasteiger charge is -2.28. The van der Waals surface area contributed by atoms with Gasteiger partial charge in [0.05, 0.1) is 5.56 Å². The van der Waals surface area contributed by atoms with Crippen molar-refractivity contribution in [1.29, 1.82) is 0 Å². The molecule has 0 aliphatic carbocycles. The van der Waals surface area contributed by atoms with E-state index < -0.39 is 0 Å². The molecule has 0 spiro atoms. The number of rotatable bonds is 5. The molecule has 1 fully saturated rings. The quantitative estimate of drug-likeness (QED) is 0.894. The van der Waals surface area contributed by atoms with E-state index in [2.05, 4.69) is 15.5 Å². The van der Waals surface area contributed by atoms with E-state index in [4.69, 9.17) is 9.26 Å². The molecule has 6 nitrogen and oxygen atoms in total. The van der Waals surface area contributed by atoms with Gasteiger partial charge in [-0.25, -0.2) is 0 Å². The second-order valence-electron chi connectivity index (χ2n) is 6.51. The molecule has 1 aliphatic heterocycles. The SMILES string of the molecule is Cc1cscc1C(=O)N[C@@H](c1nc(C(C)C)no1)C1CCOCC1. The van der Waals surface area contributed by atoms with E-state index in [0.717, 1.165) is 18.4 Å². The van der Waals surface area contributed by atoms with Crippen molar-refractivity contribution in [1.82, 2.24) is 15.5 Å². The van der Waals surface area contributed by atoms with E-state index >= 15 is 0 Å². The molecule has 7 heteroatoms. The number of carbonyl (C=O) groups is 1. The molecule has 24 heavy (non-hydrogen) atoms. The third-order valence-electron chi connectivity index (χ3n) is 4.36. The molecule has 2 aromatic rings. The largest absolute Gasteiger partial charge is 0.381 e. The van der Waals surface area contributed by atoms with Crippen LogP contribution in [0.5, 0.6) is 0 Å². The Balaban J connectivity index is 1.83. The second kappa shape index (κ2) is 7.44. The summed E-state index contributed by atoms with van der Waals surface area (Å²) in [6.45, 7) is 7.37. The van der Waals surface area contributed by atoms with Gasteiger partial charge in [0.1, 0.15) is 6.04 Å². The minimum Gasteiger partial charge on any atom is -0.381 e. The Labute approximate surface area is 145 Å². The molecule has 1 saturated heterocycles. The third kappa shape index (κ3) is 3.67. The number of nitrogens with zero attached hydrogens (tertiary/aromatic N) is 2. The van der Waals surface area contributed by atoms with Crippen molar-refractivity contribution >= 4 is 17.2 Å². The standard InChI is InChI=1S/C17H23N3O3S/c1-10(2)15-19-17(23-20-15)14(12-4-6-22-7-5-12)18-16(21)13-9-24-8-11(13)3/h8-10,12,14H,4-7H2,1-3H3,(H,18,21)/t14-/m1/s1. The zero-order valence-corrected chi connectivity index (χ0v) is 15.1. The summed E-state index contributed by atoms with van der Waals surface area (Å²) in [7, 11) is 0. The zero-order chi connectivity index (χ0) is 17.1. The Morgan fingerprint density at radius 3 is 2.67 bits per heavy atom. The lowest BCUT2D eigenvalue weighted by Crippen LogP contribution is -2.36. The first-order valence-corrected chi connectivity index (χ1v) is 9.25. The molecule has 2 aromatic heterocycles. The number of aromatic nitrogens is 2. The van der Waals surface area contributed by atoms with Crippen LogP contribution in [-0.4, -0.2) is 29.3 Å². The number of carbonyl (C=O) groups excluding carboxylic acids is 1. The van der Waals surface area contributed by atoms with E-state index in [9.17, 15) is 4.79 Å². The van der Waals surface area contributed by atoms with Crippen LogP contribution in [0.4, 0.5) is 0 Å². The number of hydrogen-bond donors (Lipinski definition) is 1. The predicted molar refractivity (Wildman–Crippen MR) is 91.2 cm³/mol. The van der Waals surface area contributed by atoms with Crippen LogP contribution in [0.15, 0.2) is 15.3 Å². The predicted octanol–water partition coefficient (Wildman–Crippen LogP) is 3.46. The minimum atomic E-state index is -0.277. The Hall–Kier alpha value is -1.73. The van der Waals surface area contributed by atoms with Gasteiger partial charge in [-0.3, -0.25) is 4.79 Å². The minimum absolute atomic E-state index is 0.0884. The van der Waals surface area contributed by atoms with Crippen molar-refractivity contribution in [2.24, 2.45) is 5.92 Å². The Morgan fingerprint density at radius 1 is 1.33 bits per heavy atom. The summed E-state index contributed by atoms with van der Waals surface area (Å²) in [5, 5.41) is 11.0. The molecule has 1 N–H and O–H groups in total. The van der Waals surface area contributed by atoms with Crippen molar-refractivity contribution in [3.05, 3.63) is 33.6 Å². The Kier molecular flexibility index (Phi) is 5.30. The van der Waals surface area contributed by atoms with Gasteiger partial charge in [0.25, 0.3) is 5.91 Å². The highest BCUT2D eigenvalue weighted by Crippen LogP contribution is 2.30. The molecular formula is C17H23N3O3S. The van der Waals surface area contributed by atoms with Gasteiger partial charge in [0, 0.05) is 24.5 Å². The van der Waals surface area contributed by atoms with Gasteiger partial charge in [-0.05, 0) is 36.6 Å². The average molecular weight is 349 g/mol. The molecule has 1 atom stereocenters. The highest BCUT2D eigenvalue weighted by atomic mass is 32.1. The van der Waals surface area contributed by atoms with Crippen LogP contribution in [0.2, 0.25) is 0 Å². The van der Waals surface area contributed by atoms with Crippen LogP contribution in [0.25, 0.3) is 0 Å². The summed E-state index contributed by atoms with van der Waals surface area (Å²) in [4.78, 5) is 17.2. The van der Waals surface area contributed by atoms with E-state index in [1.165, 1.54) is 11.3 Å². The lowest BCUT2D eigenvalue weighted by atomic mass is 9.91. The molecular weight excluding hydrogens is 326 g/mol. The van der Waals surface area contributed by atoms with E-state index in [1.807, 2.05) is 31.5 Å². The van der Waals surface area contributed by atoms with E-state index in [1.54, 1.807) is 0 Å².